The van der Waals surface area contributed by atoms with Gasteiger partial charge in [0.25, 0.3) is 0 Å². The molecule has 0 aliphatic heterocycles. The van der Waals surface area contributed by atoms with Crippen molar-refractivity contribution in [1.82, 2.24) is 5.32 Å². The van der Waals surface area contributed by atoms with Crippen LogP contribution in [0.4, 0.5) is 0 Å². The maximum atomic E-state index is 12.1. The van der Waals surface area contributed by atoms with E-state index >= 15 is 0 Å². The molecule has 0 aliphatic rings. The first kappa shape index (κ1) is 20.7. The lowest BCUT2D eigenvalue weighted by atomic mass is 10.0. The van der Waals surface area contributed by atoms with Gasteiger partial charge in [-0.1, -0.05) is 58.2 Å². The zero-order valence-corrected chi connectivity index (χ0v) is 16.1. The van der Waals surface area contributed by atoms with Gasteiger partial charge in [0, 0.05) is 18.3 Å². The van der Waals surface area contributed by atoms with Gasteiger partial charge in [0.1, 0.15) is 5.78 Å². The molecule has 0 bridgehead atoms. The molecule has 0 fully saturated rings. The number of nitrogens with one attached hydrogen (secondary N) is 1. The van der Waals surface area contributed by atoms with E-state index in [4.69, 9.17) is 0 Å². The molecular formula is C16H33NO2SSi. The molecule has 3 nitrogen and oxygen atoms in total. The van der Waals surface area contributed by atoms with Gasteiger partial charge in [0.15, 0.2) is 0 Å². The van der Waals surface area contributed by atoms with Crippen molar-refractivity contribution in [3.05, 3.63) is 0 Å². The van der Waals surface area contributed by atoms with E-state index in [1.165, 1.54) is 45.1 Å². The van der Waals surface area contributed by atoms with E-state index in [1.54, 1.807) is 0 Å². The molecule has 1 N–H and O–H groups in total. The highest BCUT2D eigenvalue weighted by molar-refractivity contribution is 7.80. The van der Waals surface area contributed by atoms with Crippen molar-refractivity contribution in [2.24, 2.45) is 5.92 Å². The van der Waals surface area contributed by atoms with Gasteiger partial charge in [-0.3, -0.25) is 4.79 Å². The Hall–Kier alpha value is -0.293. The largest absolute Gasteiger partial charge is 0.359 e. The zero-order chi connectivity index (χ0) is 16.3. The molecular weight excluding hydrogens is 298 g/mol. The van der Waals surface area contributed by atoms with Gasteiger partial charge in [0.05, 0.1) is 14.0 Å². The van der Waals surface area contributed by atoms with Crippen molar-refractivity contribution >= 4 is 32.4 Å². The molecule has 0 unspecified atom stereocenters. The van der Waals surface area contributed by atoms with Crippen LogP contribution in [0, 0.1) is 5.92 Å². The summed E-state index contributed by atoms with van der Waals surface area (Å²) >= 11 is 4.18. The third-order valence-corrected chi connectivity index (χ3v) is 7.11. The minimum absolute atomic E-state index is 0.00763. The van der Waals surface area contributed by atoms with Crippen molar-refractivity contribution in [2.75, 3.05) is 11.9 Å². The molecule has 0 aromatic rings. The van der Waals surface area contributed by atoms with Crippen molar-refractivity contribution in [3.8, 4) is 0 Å². The Morgan fingerprint density at radius 2 is 1.76 bits per heavy atom. The van der Waals surface area contributed by atoms with Crippen LogP contribution in [0.2, 0.25) is 19.1 Å². The summed E-state index contributed by atoms with van der Waals surface area (Å²) in [5.41, 5.74) is 0. The molecule has 0 aliphatic carbocycles. The van der Waals surface area contributed by atoms with Crippen molar-refractivity contribution < 1.29 is 9.59 Å². The Balaban J connectivity index is 4.04. The maximum absolute atomic E-state index is 12.1. The van der Waals surface area contributed by atoms with Crippen molar-refractivity contribution in [1.29, 1.82) is 0 Å². The third kappa shape index (κ3) is 11.0. The van der Waals surface area contributed by atoms with E-state index < -0.39 is 8.07 Å². The number of hydrogen-bond donors (Lipinski definition) is 2. The number of hydrogen-bond acceptors (Lipinski definition) is 3. The molecule has 5 heteroatoms. The fourth-order valence-electron chi connectivity index (χ4n) is 2.35. The van der Waals surface area contributed by atoms with Crippen molar-refractivity contribution in [3.63, 3.8) is 0 Å². The summed E-state index contributed by atoms with van der Waals surface area (Å²) < 4.78 is 0. The summed E-state index contributed by atoms with van der Waals surface area (Å²) in [5.74, 6) is 0.202. The Morgan fingerprint density at radius 3 is 2.29 bits per heavy atom. The molecule has 124 valence electrons. The monoisotopic (exact) mass is 331 g/mol. The van der Waals surface area contributed by atoms with Crippen LogP contribution in [-0.2, 0) is 9.59 Å². The fourth-order valence-corrected chi connectivity index (χ4v) is 4.68. The molecule has 1 amide bonds. The number of amides is 1. The summed E-state index contributed by atoms with van der Waals surface area (Å²) in [6.07, 6.45) is 7.62. The summed E-state index contributed by atoms with van der Waals surface area (Å²) in [7, 11) is -1.37. The predicted octanol–water partition coefficient (Wildman–Crippen LogP) is 3.85. The van der Waals surface area contributed by atoms with Crippen LogP contribution in [0.1, 0.15) is 52.4 Å². The first-order chi connectivity index (χ1) is 9.82. The molecule has 0 saturated heterocycles. The van der Waals surface area contributed by atoms with Crippen LogP contribution in [0.25, 0.3) is 0 Å². The molecule has 1 atom stereocenters. The van der Waals surface area contributed by atoms with Gasteiger partial charge >= 0.3 is 0 Å². The number of ketones is 1. The number of unbranched alkanes of at least 4 members (excludes halogenated alkanes) is 4. The normalized spacial score (nSPS) is 13.0. The number of thiol groups is 1. The van der Waals surface area contributed by atoms with E-state index in [0.29, 0.717) is 12.2 Å². The average molecular weight is 332 g/mol. The third-order valence-electron chi connectivity index (χ3n) is 3.82. The van der Waals surface area contributed by atoms with E-state index in [9.17, 15) is 9.59 Å². The summed E-state index contributed by atoms with van der Waals surface area (Å²) in [4.78, 5) is 23.2. The minimum Gasteiger partial charge on any atom is -0.359 e. The predicted molar refractivity (Wildman–Crippen MR) is 96.7 cm³/mol. The highest BCUT2D eigenvalue weighted by Crippen LogP contribution is 2.15. The SMILES string of the molecule is CCCCCCC[Si](C)(C)CNC(=O)[C@H](CS)CC(C)=O. The quantitative estimate of drug-likeness (QED) is 0.324. The number of carbonyl (C=O) groups is 2. The van der Waals surface area contributed by atoms with Gasteiger partial charge in [-0.05, 0) is 6.92 Å². The maximum Gasteiger partial charge on any atom is 0.224 e. The van der Waals surface area contributed by atoms with E-state index in [-0.39, 0.29) is 17.6 Å². The molecule has 0 rings (SSSR count). The Bertz CT molecular complexity index is 321. The molecule has 0 spiro atoms. The average Bonchev–Trinajstić information content (AvgIpc) is 2.41. The Labute approximate surface area is 137 Å². The van der Waals surface area contributed by atoms with Gasteiger partial charge < -0.3 is 10.1 Å². The number of carbonyl (C=O) groups excluding carboxylic acids is 2. The number of rotatable bonds is 12. The molecule has 0 heterocycles. The molecule has 0 aromatic carbocycles. The Morgan fingerprint density at radius 1 is 1.14 bits per heavy atom. The second kappa shape index (κ2) is 11.3. The van der Waals surface area contributed by atoms with Gasteiger partial charge in [-0.2, -0.15) is 12.6 Å². The van der Waals surface area contributed by atoms with Crippen LogP contribution in [0.5, 0.6) is 0 Å². The highest BCUT2D eigenvalue weighted by atomic mass is 32.1. The summed E-state index contributed by atoms with van der Waals surface area (Å²) in [6.45, 7) is 8.41. The second-order valence-electron chi connectivity index (χ2n) is 6.83. The zero-order valence-electron chi connectivity index (χ0n) is 14.2. The minimum atomic E-state index is -1.37. The lowest BCUT2D eigenvalue weighted by molar-refractivity contribution is -0.127. The van der Waals surface area contributed by atoms with Crippen molar-refractivity contribution in [2.45, 2.75) is 71.5 Å². The van der Waals surface area contributed by atoms with Gasteiger partial charge in [0.2, 0.25) is 5.91 Å². The van der Waals surface area contributed by atoms with E-state index in [1.807, 2.05) is 0 Å². The van der Waals surface area contributed by atoms with Crippen LogP contribution < -0.4 is 5.32 Å². The van der Waals surface area contributed by atoms with E-state index in [2.05, 4.69) is 38.0 Å². The van der Waals surface area contributed by atoms with Gasteiger partial charge in [-0.25, -0.2) is 0 Å². The fraction of sp³-hybridized carbons (Fsp3) is 0.875. The van der Waals surface area contributed by atoms with Crippen LogP contribution in [-0.4, -0.2) is 31.7 Å². The van der Waals surface area contributed by atoms with Crippen LogP contribution in [0.15, 0.2) is 0 Å². The first-order valence-corrected chi connectivity index (χ1v) is 12.2. The number of Topliss-reactive ketones (excluding diaryl/α,β-unsaturated/α-hetero) is 1. The van der Waals surface area contributed by atoms with E-state index in [0.717, 1.165) is 6.17 Å². The first-order valence-electron chi connectivity index (χ1n) is 8.20. The molecule has 0 aromatic heterocycles. The lowest BCUT2D eigenvalue weighted by Gasteiger charge is -2.24. The standard InChI is InChI=1S/C16H33NO2SSi/c1-5-6-7-8-9-10-21(3,4)13-17-16(19)15(12-20)11-14(2)18/h15,20H,5-13H2,1-4H3,(H,17,19)/t15-/m0/s1. The smallest absolute Gasteiger partial charge is 0.224 e. The topological polar surface area (TPSA) is 46.2 Å². The lowest BCUT2D eigenvalue weighted by Crippen LogP contribution is -2.44. The van der Waals surface area contributed by atoms with Crippen LogP contribution in [0.3, 0.4) is 0 Å². The Kier molecular flexibility index (Phi) is 11.1. The summed E-state index contributed by atoms with van der Waals surface area (Å²) in [5, 5.41) is 3.05. The molecule has 21 heavy (non-hydrogen) atoms. The summed E-state index contributed by atoms with van der Waals surface area (Å²) in [6, 6.07) is 1.26. The molecule has 0 saturated carbocycles. The highest BCUT2D eigenvalue weighted by Gasteiger charge is 2.24. The van der Waals surface area contributed by atoms with Gasteiger partial charge in [-0.15, -0.1) is 0 Å². The molecule has 0 radical (unpaired) electrons. The van der Waals surface area contributed by atoms with Crippen LogP contribution >= 0.6 is 12.6 Å². The second-order valence-corrected chi connectivity index (χ2v) is 12.4.